The summed E-state index contributed by atoms with van der Waals surface area (Å²) in [7, 11) is 0. The topological polar surface area (TPSA) is 21.6 Å². The molecule has 0 radical (unpaired) electrons. The summed E-state index contributed by atoms with van der Waals surface area (Å²) >= 11 is 6.63. The van der Waals surface area contributed by atoms with Crippen molar-refractivity contribution in [1.82, 2.24) is 0 Å². The molecule has 0 amide bonds. The van der Waals surface area contributed by atoms with Crippen molar-refractivity contribution in [3.05, 3.63) is 168 Å². The molecule has 0 heterocycles. The van der Waals surface area contributed by atoms with Crippen molar-refractivity contribution >= 4 is 22.5 Å². The highest BCUT2D eigenvalue weighted by molar-refractivity contribution is 6.69. The highest BCUT2D eigenvalue weighted by Crippen LogP contribution is 2.43. The van der Waals surface area contributed by atoms with Crippen LogP contribution in [0.3, 0.4) is 0 Å². The second-order valence-corrected chi connectivity index (χ2v) is 8.48. The molecule has 0 unspecified atom stereocenters. The average Bonchev–Trinajstić information content (AvgIpc) is 2.94. The molecule has 0 fully saturated rings. The fraction of sp³-hybridized carbons (Fsp3) is 0.0312. The Kier molecular flexibility index (Phi) is 6.74. The van der Waals surface area contributed by atoms with Crippen molar-refractivity contribution in [1.29, 1.82) is 0 Å². The SMILES string of the molecule is ClC(=Nc1ccccc1OC(c1ccccc1)(c1ccccc1)c1ccccc1)c1ccccc1. The van der Waals surface area contributed by atoms with E-state index in [1.54, 1.807) is 0 Å². The summed E-state index contributed by atoms with van der Waals surface area (Å²) in [5.41, 5.74) is 3.67. The summed E-state index contributed by atoms with van der Waals surface area (Å²) < 4.78 is 7.06. The van der Waals surface area contributed by atoms with E-state index in [1.165, 1.54) is 0 Å². The Morgan fingerprint density at radius 1 is 0.514 bits per heavy atom. The number of hydrogen-bond donors (Lipinski definition) is 0. The van der Waals surface area contributed by atoms with E-state index >= 15 is 0 Å². The first kappa shape index (κ1) is 22.6. The molecule has 0 atom stereocenters. The maximum Gasteiger partial charge on any atom is 0.184 e. The number of ether oxygens (including phenoxy) is 1. The number of rotatable bonds is 7. The largest absolute Gasteiger partial charge is 0.471 e. The number of aliphatic imine (C=N–C) groups is 1. The first-order chi connectivity index (χ1) is 17.3. The van der Waals surface area contributed by atoms with E-state index in [9.17, 15) is 0 Å². The van der Waals surface area contributed by atoms with Gasteiger partial charge in [0.05, 0.1) is 0 Å². The molecule has 0 aliphatic carbocycles. The van der Waals surface area contributed by atoms with Gasteiger partial charge in [-0.1, -0.05) is 145 Å². The number of para-hydroxylation sites is 2. The van der Waals surface area contributed by atoms with E-state index in [0.29, 0.717) is 16.6 Å². The van der Waals surface area contributed by atoms with Gasteiger partial charge in [-0.15, -0.1) is 0 Å². The summed E-state index contributed by atoms with van der Waals surface area (Å²) in [5, 5.41) is 0.409. The molecule has 3 heteroatoms. The van der Waals surface area contributed by atoms with Gasteiger partial charge in [-0.3, -0.25) is 0 Å². The summed E-state index contributed by atoms with van der Waals surface area (Å²) in [6.07, 6.45) is 0. The average molecular weight is 474 g/mol. The van der Waals surface area contributed by atoms with Gasteiger partial charge in [0.15, 0.2) is 5.60 Å². The Labute approximate surface area is 211 Å². The van der Waals surface area contributed by atoms with Crippen LogP contribution < -0.4 is 4.74 Å². The lowest BCUT2D eigenvalue weighted by Gasteiger charge is -2.36. The van der Waals surface area contributed by atoms with E-state index in [0.717, 1.165) is 22.3 Å². The van der Waals surface area contributed by atoms with Crippen molar-refractivity contribution in [3.8, 4) is 5.75 Å². The molecule has 0 aromatic heterocycles. The van der Waals surface area contributed by atoms with Gasteiger partial charge in [-0.05, 0) is 12.1 Å². The molecule has 5 aromatic rings. The van der Waals surface area contributed by atoms with Crippen LogP contribution in [-0.4, -0.2) is 5.17 Å². The van der Waals surface area contributed by atoms with Crippen LogP contribution in [0.2, 0.25) is 0 Å². The second-order valence-electron chi connectivity index (χ2n) is 8.12. The predicted molar refractivity (Wildman–Crippen MR) is 145 cm³/mol. The molecule has 5 aromatic carbocycles. The highest BCUT2D eigenvalue weighted by atomic mass is 35.5. The van der Waals surface area contributed by atoms with Crippen molar-refractivity contribution < 1.29 is 4.74 Å². The molecule has 0 aliphatic rings. The molecule has 0 aliphatic heterocycles. The van der Waals surface area contributed by atoms with Crippen LogP contribution in [0.25, 0.3) is 0 Å². The summed E-state index contributed by atoms with van der Waals surface area (Å²) in [4.78, 5) is 4.75. The Morgan fingerprint density at radius 2 is 0.914 bits per heavy atom. The molecular weight excluding hydrogens is 450 g/mol. The lowest BCUT2D eigenvalue weighted by atomic mass is 9.80. The maximum absolute atomic E-state index is 7.06. The van der Waals surface area contributed by atoms with Crippen molar-refractivity contribution in [2.75, 3.05) is 0 Å². The number of nitrogens with zero attached hydrogens (tertiary/aromatic N) is 1. The zero-order valence-corrected chi connectivity index (χ0v) is 19.8. The Hall–Kier alpha value is -4.14. The summed E-state index contributed by atoms with van der Waals surface area (Å²) in [6.45, 7) is 0. The van der Waals surface area contributed by atoms with Gasteiger partial charge >= 0.3 is 0 Å². The Morgan fingerprint density at radius 3 is 1.40 bits per heavy atom. The predicted octanol–water partition coefficient (Wildman–Crippen LogP) is 8.37. The van der Waals surface area contributed by atoms with E-state index in [1.807, 2.05) is 109 Å². The molecule has 0 N–H and O–H groups in total. The van der Waals surface area contributed by atoms with Crippen molar-refractivity contribution in [3.63, 3.8) is 0 Å². The monoisotopic (exact) mass is 473 g/mol. The van der Waals surface area contributed by atoms with Crippen LogP contribution in [0.15, 0.2) is 151 Å². The third kappa shape index (κ3) is 4.75. The minimum atomic E-state index is -0.894. The normalized spacial score (nSPS) is 11.7. The fourth-order valence-corrected chi connectivity index (χ4v) is 4.46. The zero-order valence-electron chi connectivity index (χ0n) is 19.1. The first-order valence-corrected chi connectivity index (χ1v) is 11.9. The van der Waals surface area contributed by atoms with Gasteiger partial charge in [-0.25, -0.2) is 4.99 Å². The van der Waals surface area contributed by atoms with Crippen LogP contribution in [0.4, 0.5) is 5.69 Å². The number of benzene rings is 5. The van der Waals surface area contributed by atoms with Gasteiger partial charge in [0.25, 0.3) is 0 Å². The highest BCUT2D eigenvalue weighted by Gasteiger charge is 2.39. The lowest BCUT2D eigenvalue weighted by molar-refractivity contribution is 0.156. The van der Waals surface area contributed by atoms with Gasteiger partial charge < -0.3 is 4.74 Å². The summed E-state index contributed by atoms with van der Waals surface area (Å²) in [6, 6.07) is 48.4. The van der Waals surface area contributed by atoms with Gasteiger partial charge in [0.2, 0.25) is 0 Å². The first-order valence-electron chi connectivity index (χ1n) is 11.5. The van der Waals surface area contributed by atoms with Crippen LogP contribution in [0.1, 0.15) is 22.3 Å². The molecule has 2 nitrogen and oxygen atoms in total. The Balaban J connectivity index is 1.71. The minimum Gasteiger partial charge on any atom is -0.471 e. The molecule has 35 heavy (non-hydrogen) atoms. The van der Waals surface area contributed by atoms with Crippen LogP contribution >= 0.6 is 11.6 Å². The third-order valence-corrected chi connectivity index (χ3v) is 6.20. The van der Waals surface area contributed by atoms with E-state index in [-0.39, 0.29) is 0 Å². The smallest absolute Gasteiger partial charge is 0.184 e. The van der Waals surface area contributed by atoms with Gasteiger partial charge in [0.1, 0.15) is 16.6 Å². The molecular formula is C32H24ClNO. The molecule has 0 spiro atoms. The quantitative estimate of drug-likeness (QED) is 0.172. The standard InChI is InChI=1S/C32H24ClNO/c33-31(25-15-5-1-6-16-25)34-29-23-13-14-24-30(29)35-32(26-17-7-2-8-18-26,27-19-9-3-10-20-27)28-21-11-4-12-22-28/h1-24H. The van der Waals surface area contributed by atoms with E-state index < -0.39 is 5.60 Å². The number of halogens is 1. The van der Waals surface area contributed by atoms with E-state index in [4.69, 9.17) is 21.3 Å². The molecule has 0 saturated heterocycles. The lowest BCUT2D eigenvalue weighted by Crippen LogP contribution is -2.36. The minimum absolute atomic E-state index is 0.409. The van der Waals surface area contributed by atoms with Crippen molar-refractivity contribution in [2.24, 2.45) is 4.99 Å². The van der Waals surface area contributed by atoms with Crippen LogP contribution in [0.5, 0.6) is 5.75 Å². The third-order valence-electron chi connectivity index (χ3n) is 5.90. The molecule has 170 valence electrons. The van der Waals surface area contributed by atoms with Gasteiger partial charge in [-0.2, -0.15) is 0 Å². The van der Waals surface area contributed by atoms with Crippen LogP contribution in [0, 0.1) is 0 Å². The van der Waals surface area contributed by atoms with Gasteiger partial charge in [0, 0.05) is 22.3 Å². The molecule has 0 saturated carbocycles. The maximum atomic E-state index is 7.06. The molecule has 0 bridgehead atoms. The van der Waals surface area contributed by atoms with Crippen molar-refractivity contribution in [2.45, 2.75) is 5.60 Å². The second kappa shape index (κ2) is 10.4. The Bertz CT molecular complexity index is 1310. The fourth-order valence-electron chi connectivity index (χ4n) is 4.24. The van der Waals surface area contributed by atoms with Crippen LogP contribution in [-0.2, 0) is 5.60 Å². The molecule has 5 rings (SSSR count). The number of hydrogen-bond acceptors (Lipinski definition) is 2. The van der Waals surface area contributed by atoms with E-state index in [2.05, 4.69) is 36.4 Å². The summed E-state index contributed by atoms with van der Waals surface area (Å²) in [5.74, 6) is 0.637. The zero-order chi connectivity index (χ0) is 23.9.